The Morgan fingerprint density at radius 1 is 1.26 bits per heavy atom. The lowest BCUT2D eigenvalue weighted by molar-refractivity contribution is -0.113. The largest absolute Gasteiger partial charge is 0.497 e. The van der Waals surface area contributed by atoms with E-state index in [1.54, 1.807) is 18.9 Å². The van der Waals surface area contributed by atoms with Crippen LogP contribution in [0.2, 0.25) is 0 Å². The number of thioether (sulfide) groups is 1. The van der Waals surface area contributed by atoms with Crippen LogP contribution >= 0.6 is 23.1 Å². The number of carbonyl (C=O) groups is 1. The normalized spacial score (nSPS) is 12.8. The van der Waals surface area contributed by atoms with Gasteiger partial charge < -0.3 is 19.5 Å². The molecule has 2 heterocycles. The summed E-state index contributed by atoms with van der Waals surface area (Å²) in [5, 5.41) is 3.45. The maximum Gasteiger partial charge on any atom is 0.236 e. The van der Waals surface area contributed by atoms with E-state index in [1.807, 2.05) is 36.4 Å². The van der Waals surface area contributed by atoms with Gasteiger partial charge in [-0.05, 0) is 17.7 Å². The number of hydrogen-bond acceptors (Lipinski definition) is 7. The zero-order chi connectivity index (χ0) is 18.6. The van der Waals surface area contributed by atoms with Gasteiger partial charge in [-0.1, -0.05) is 23.5 Å². The van der Waals surface area contributed by atoms with Crippen molar-refractivity contribution in [3.05, 3.63) is 42.0 Å². The van der Waals surface area contributed by atoms with Crippen LogP contribution < -0.4 is 19.5 Å². The van der Waals surface area contributed by atoms with E-state index >= 15 is 0 Å². The minimum atomic E-state index is -0.0702. The van der Waals surface area contributed by atoms with E-state index in [2.05, 4.69) is 10.3 Å². The molecule has 8 heteroatoms. The molecule has 0 radical (unpaired) electrons. The number of thiazole rings is 1. The summed E-state index contributed by atoms with van der Waals surface area (Å²) in [4.78, 5) is 16.7. The van der Waals surface area contributed by atoms with Crippen LogP contribution in [0.15, 0.2) is 36.4 Å². The van der Waals surface area contributed by atoms with Crippen molar-refractivity contribution in [2.75, 3.05) is 31.4 Å². The van der Waals surface area contributed by atoms with Gasteiger partial charge in [0.1, 0.15) is 19.0 Å². The summed E-state index contributed by atoms with van der Waals surface area (Å²) in [6, 6.07) is 11.6. The molecular weight excluding hydrogens is 384 g/mol. The fourth-order valence-corrected chi connectivity index (χ4v) is 4.36. The minimum absolute atomic E-state index is 0.0702. The first-order chi connectivity index (χ1) is 13.2. The SMILES string of the molecule is COc1cccc(CSCC(=O)Nc2nc3cc4c(cc3s2)OCCO4)c1. The van der Waals surface area contributed by atoms with E-state index in [0.717, 1.165) is 33.0 Å². The number of aromatic nitrogens is 1. The van der Waals surface area contributed by atoms with Gasteiger partial charge in [-0.3, -0.25) is 4.79 Å². The Kier molecular flexibility index (Phi) is 5.35. The van der Waals surface area contributed by atoms with Gasteiger partial charge in [-0.25, -0.2) is 4.98 Å². The predicted octanol–water partition coefficient (Wildman–Crippen LogP) is 3.95. The molecule has 27 heavy (non-hydrogen) atoms. The molecule has 0 atom stereocenters. The van der Waals surface area contributed by atoms with Crippen LogP contribution in [0.3, 0.4) is 0 Å². The lowest BCUT2D eigenvalue weighted by Crippen LogP contribution is -2.15. The summed E-state index contributed by atoms with van der Waals surface area (Å²) in [5.41, 5.74) is 1.92. The Morgan fingerprint density at radius 3 is 2.89 bits per heavy atom. The average Bonchev–Trinajstić information content (AvgIpc) is 3.07. The molecule has 3 aromatic rings. The molecule has 6 nitrogen and oxygen atoms in total. The van der Waals surface area contributed by atoms with Crippen molar-refractivity contribution in [1.29, 1.82) is 0 Å². The summed E-state index contributed by atoms with van der Waals surface area (Å²) in [7, 11) is 1.65. The number of carbonyl (C=O) groups excluding carboxylic acids is 1. The molecule has 2 aromatic carbocycles. The van der Waals surface area contributed by atoms with Gasteiger partial charge in [0, 0.05) is 17.9 Å². The zero-order valence-electron chi connectivity index (χ0n) is 14.7. The summed E-state index contributed by atoms with van der Waals surface area (Å²) in [5.74, 6) is 3.28. The molecule has 0 unspecified atom stereocenters. The standard InChI is InChI=1S/C19H18N2O4S2/c1-23-13-4-2-3-12(7-13)10-26-11-18(22)21-19-20-14-8-15-16(9-17(14)27-19)25-6-5-24-15/h2-4,7-9H,5-6,10-11H2,1H3,(H,20,21,22). The smallest absolute Gasteiger partial charge is 0.236 e. The van der Waals surface area contributed by atoms with Crippen LogP contribution in [0, 0.1) is 0 Å². The third kappa shape index (κ3) is 4.28. The topological polar surface area (TPSA) is 69.7 Å². The van der Waals surface area contributed by atoms with E-state index in [0.29, 0.717) is 29.8 Å². The second-order valence-electron chi connectivity index (χ2n) is 5.88. The molecule has 4 rings (SSSR count). The van der Waals surface area contributed by atoms with Crippen molar-refractivity contribution in [1.82, 2.24) is 4.98 Å². The molecule has 0 bridgehead atoms. The highest BCUT2D eigenvalue weighted by molar-refractivity contribution is 7.99. The number of fused-ring (bicyclic) bond motifs is 2. The Bertz CT molecular complexity index is 930. The number of benzene rings is 2. The van der Waals surface area contributed by atoms with Gasteiger partial charge in [0.15, 0.2) is 16.6 Å². The third-order valence-electron chi connectivity index (χ3n) is 3.93. The van der Waals surface area contributed by atoms with Gasteiger partial charge in [-0.2, -0.15) is 0 Å². The Morgan fingerprint density at radius 2 is 2.07 bits per heavy atom. The monoisotopic (exact) mass is 402 g/mol. The van der Waals surface area contributed by atoms with E-state index in [1.165, 1.54) is 11.3 Å². The zero-order valence-corrected chi connectivity index (χ0v) is 16.3. The van der Waals surface area contributed by atoms with Gasteiger partial charge in [0.2, 0.25) is 5.91 Å². The van der Waals surface area contributed by atoms with Crippen LogP contribution in [0.25, 0.3) is 10.2 Å². The molecule has 140 valence electrons. The van der Waals surface area contributed by atoms with Gasteiger partial charge >= 0.3 is 0 Å². The third-order valence-corrected chi connectivity index (χ3v) is 5.87. The number of ether oxygens (including phenoxy) is 3. The van der Waals surface area contributed by atoms with Crippen molar-refractivity contribution in [2.45, 2.75) is 5.75 Å². The molecule has 1 N–H and O–H groups in total. The molecule has 0 saturated carbocycles. The molecule has 1 amide bonds. The number of nitrogens with one attached hydrogen (secondary N) is 1. The van der Waals surface area contributed by atoms with Crippen LogP contribution in [0.4, 0.5) is 5.13 Å². The van der Waals surface area contributed by atoms with Gasteiger partial charge in [-0.15, -0.1) is 11.8 Å². The van der Waals surface area contributed by atoms with E-state index in [-0.39, 0.29) is 5.91 Å². The van der Waals surface area contributed by atoms with Gasteiger partial charge in [0.25, 0.3) is 0 Å². The first-order valence-corrected chi connectivity index (χ1v) is 10.4. The second kappa shape index (κ2) is 8.06. The molecule has 1 aromatic heterocycles. The highest BCUT2D eigenvalue weighted by Gasteiger charge is 2.16. The first-order valence-electron chi connectivity index (χ1n) is 8.42. The molecule has 0 fully saturated rings. The highest BCUT2D eigenvalue weighted by Crippen LogP contribution is 2.37. The average molecular weight is 402 g/mol. The first kappa shape index (κ1) is 17.9. The van der Waals surface area contributed by atoms with E-state index in [4.69, 9.17) is 14.2 Å². The van der Waals surface area contributed by atoms with E-state index in [9.17, 15) is 4.79 Å². The molecule has 1 aliphatic heterocycles. The molecule has 0 aliphatic carbocycles. The maximum absolute atomic E-state index is 12.2. The number of hydrogen-bond donors (Lipinski definition) is 1. The fraction of sp³-hybridized carbons (Fsp3) is 0.263. The summed E-state index contributed by atoms with van der Waals surface area (Å²) < 4.78 is 17.3. The Labute approximate surface area is 164 Å². The lowest BCUT2D eigenvalue weighted by atomic mass is 10.2. The maximum atomic E-state index is 12.2. The van der Waals surface area contributed by atoms with Crippen LogP contribution in [0.1, 0.15) is 5.56 Å². The van der Waals surface area contributed by atoms with Gasteiger partial charge in [0.05, 0.1) is 23.1 Å². The second-order valence-corrected chi connectivity index (χ2v) is 7.89. The predicted molar refractivity (Wildman–Crippen MR) is 108 cm³/mol. The van der Waals surface area contributed by atoms with Crippen molar-refractivity contribution in [2.24, 2.45) is 0 Å². The number of nitrogens with zero attached hydrogens (tertiary/aromatic N) is 1. The van der Waals surface area contributed by atoms with Crippen molar-refractivity contribution in [3.8, 4) is 17.2 Å². The van der Waals surface area contributed by atoms with Crippen LogP contribution in [-0.4, -0.2) is 37.0 Å². The molecule has 0 saturated heterocycles. The Hall–Kier alpha value is -2.45. The van der Waals surface area contributed by atoms with Crippen LogP contribution in [0.5, 0.6) is 17.2 Å². The summed E-state index contributed by atoms with van der Waals surface area (Å²) >= 11 is 2.98. The fourth-order valence-electron chi connectivity index (χ4n) is 2.70. The summed E-state index contributed by atoms with van der Waals surface area (Å²) in [6.45, 7) is 1.09. The Balaban J connectivity index is 1.35. The number of rotatable bonds is 6. The van der Waals surface area contributed by atoms with Crippen molar-refractivity contribution < 1.29 is 19.0 Å². The van der Waals surface area contributed by atoms with Crippen molar-refractivity contribution in [3.63, 3.8) is 0 Å². The number of methoxy groups -OCH3 is 1. The number of amides is 1. The van der Waals surface area contributed by atoms with Crippen molar-refractivity contribution >= 4 is 44.4 Å². The summed E-state index contributed by atoms with van der Waals surface area (Å²) in [6.07, 6.45) is 0. The quantitative estimate of drug-likeness (QED) is 0.673. The highest BCUT2D eigenvalue weighted by atomic mass is 32.2. The van der Waals surface area contributed by atoms with Crippen LogP contribution in [-0.2, 0) is 10.5 Å². The molecule has 1 aliphatic rings. The molecule has 0 spiro atoms. The minimum Gasteiger partial charge on any atom is -0.497 e. The lowest BCUT2D eigenvalue weighted by Gasteiger charge is -2.17. The molecular formula is C19H18N2O4S2. The number of anilines is 1. The van der Waals surface area contributed by atoms with E-state index < -0.39 is 0 Å².